The minimum absolute atomic E-state index is 0.828. The summed E-state index contributed by atoms with van der Waals surface area (Å²) in [7, 11) is 0. The second kappa shape index (κ2) is 8.63. The van der Waals surface area contributed by atoms with Gasteiger partial charge in [0.25, 0.3) is 0 Å². The lowest BCUT2D eigenvalue weighted by Crippen LogP contribution is -2.30. The fourth-order valence-corrected chi connectivity index (χ4v) is 4.96. The van der Waals surface area contributed by atoms with Crippen LogP contribution in [0.15, 0.2) is 83.9 Å². The summed E-state index contributed by atoms with van der Waals surface area (Å²) in [4.78, 5) is 9.90. The van der Waals surface area contributed by atoms with E-state index >= 15 is 0 Å². The molecule has 4 heteroatoms. The van der Waals surface area contributed by atoms with E-state index in [4.69, 9.17) is 11.6 Å². The van der Waals surface area contributed by atoms with Gasteiger partial charge in [-0.15, -0.1) is 0 Å². The summed E-state index contributed by atoms with van der Waals surface area (Å²) >= 11 is 6.37. The average Bonchev–Trinajstić information content (AvgIpc) is 3.19. The molecule has 0 spiro atoms. The predicted molar refractivity (Wildman–Crippen MR) is 124 cm³/mol. The van der Waals surface area contributed by atoms with Crippen molar-refractivity contribution in [3.8, 4) is 0 Å². The van der Waals surface area contributed by atoms with Crippen LogP contribution in [0, 0.1) is 0 Å². The van der Waals surface area contributed by atoms with Crippen LogP contribution in [0.1, 0.15) is 36.1 Å². The van der Waals surface area contributed by atoms with E-state index in [1.807, 2.05) is 12.3 Å². The largest absolute Gasteiger partial charge is 0.347 e. The highest BCUT2D eigenvalue weighted by atomic mass is 35.5. The maximum absolute atomic E-state index is 6.37. The van der Waals surface area contributed by atoms with Crippen LogP contribution in [0.4, 0.5) is 0 Å². The van der Waals surface area contributed by atoms with E-state index < -0.39 is 0 Å². The maximum atomic E-state index is 6.37. The van der Waals surface area contributed by atoms with Crippen LogP contribution in [0.3, 0.4) is 0 Å². The molecular weight excluding hydrogens is 390 g/mol. The number of H-pyrrole nitrogens is 1. The Balaban J connectivity index is 1.53. The minimum atomic E-state index is 0.828. The second-order valence-electron chi connectivity index (χ2n) is 8.18. The van der Waals surface area contributed by atoms with Crippen molar-refractivity contribution in [1.29, 1.82) is 0 Å². The Morgan fingerprint density at radius 3 is 2.60 bits per heavy atom. The van der Waals surface area contributed by atoms with Crippen molar-refractivity contribution >= 4 is 17.2 Å². The number of aromatic nitrogens is 2. The van der Waals surface area contributed by atoms with E-state index in [9.17, 15) is 0 Å². The maximum Gasteiger partial charge on any atom is 0.0922 e. The number of nitrogens with zero attached hydrogens (tertiary/aromatic N) is 2. The summed E-state index contributed by atoms with van der Waals surface area (Å²) in [6, 6.07) is 6.44. The molecule has 1 N–H and O–H groups in total. The van der Waals surface area contributed by atoms with E-state index in [-0.39, 0.29) is 0 Å². The van der Waals surface area contributed by atoms with Gasteiger partial charge in [0.1, 0.15) is 0 Å². The molecule has 0 amide bonds. The molecule has 0 radical (unpaired) electrons. The fourth-order valence-electron chi connectivity index (χ4n) is 4.76. The van der Waals surface area contributed by atoms with Gasteiger partial charge in [0.2, 0.25) is 0 Å². The molecule has 2 aliphatic carbocycles. The normalized spacial score (nSPS) is 25.0. The molecule has 1 fully saturated rings. The van der Waals surface area contributed by atoms with Crippen LogP contribution in [0.5, 0.6) is 0 Å². The van der Waals surface area contributed by atoms with Gasteiger partial charge in [-0.05, 0) is 65.7 Å². The van der Waals surface area contributed by atoms with Crippen molar-refractivity contribution in [3.05, 3.63) is 106 Å². The molecule has 1 saturated heterocycles. The number of fused-ring (bicyclic) bond motifs is 2. The number of allylic oxidation sites excluding steroid dienone is 9. The molecule has 5 rings (SSSR count). The van der Waals surface area contributed by atoms with Gasteiger partial charge < -0.3 is 4.98 Å². The molecule has 1 aromatic carbocycles. The van der Waals surface area contributed by atoms with Crippen molar-refractivity contribution in [1.82, 2.24) is 14.9 Å². The number of piperidine rings is 1. The lowest BCUT2D eigenvalue weighted by Gasteiger charge is -2.30. The summed E-state index contributed by atoms with van der Waals surface area (Å²) in [5.41, 5.74) is 9.72. The number of imidazole rings is 1. The zero-order chi connectivity index (χ0) is 20.3. The number of aromatic amines is 1. The third-order valence-electron chi connectivity index (χ3n) is 6.27. The van der Waals surface area contributed by atoms with Gasteiger partial charge in [0.05, 0.1) is 6.33 Å². The number of halogens is 1. The SMILES string of the molecule is Clc1ccc2c(c1)CCC1=C/C=C\C=C\C=C\1C2=C1CCN(Cc2cnc[nH]2)CC1. The van der Waals surface area contributed by atoms with E-state index in [0.717, 1.165) is 50.3 Å². The molecule has 2 heterocycles. The summed E-state index contributed by atoms with van der Waals surface area (Å²) < 4.78 is 0. The Hall–Kier alpha value is -2.62. The molecule has 0 atom stereocenters. The summed E-state index contributed by atoms with van der Waals surface area (Å²) in [6.07, 6.45) is 21.1. The third kappa shape index (κ3) is 4.00. The smallest absolute Gasteiger partial charge is 0.0922 e. The van der Waals surface area contributed by atoms with Crippen LogP contribution in [0.2, 0.25) is 5.02 Å². The number of likely N-dealkylation sites (tertiary alicyclic amines) is 1. The molecular formula is C26H26ClN3. The highest BCUT2D eigenvalue weighted by molar-refractivity contribution is 6.30. The van der Waals surface area contributed by atoms with Gasteiger partial charge in [-0.25, -0.2) is 4.98 Å². The number of hydrogen-bond donors (Lipinski definition) is 1. The van der Waals surface area contributed by atoms with Gasteiger partial charge in [0, 0.05) is 36.5 Å². The highest BCUT2D eigenvalue weighted by Gasteiger charge is 2.25. The van der Waals surface area contributed by atoms with E-state index in [0.29, 0.717) is 0 Å². The van der Waals surface area contributed by atoms with Gasteiger partial charge in [-0.3, -0.25) is 4.90 Å². The number of benzene rings is 1. The second-order valence-corrected chi connectivity index (χ2v) is 8.61. The van der Waals surface area contributed by atoms with E-state index in [1.54, 1.807) is 11.9 Å². The molecule has 1 aliphatic heterocycles. The van der Waals surface area contributed by atoms with Crippen molar-refractivity contribution in [2.75, 3.05) is 13.1 Å². The fraction of sp³-hybridized carbons (Fsp3) is 0.269. The Labute approximate surface area is 183 Å². The standard InChI is InChI=1S/C26H26ClN3/c27-22-9-10-25-21(15-22)8-7-19-5-3-1-2-4-6-24(19)26(25)20-11-13-30(14-12-20)17-23-16-28-18-29-23/h1-6,9-10,15-16,18H,7-8,11-14,17H2,(H,28,29)/b2-1?,3-1-,4-2+,5-3?,6-4?,19-5-,24-6-. The quantitative estimate of drug-likeness (QED) is 0.648. The van der Waals surface area contributed by atoms with Crippen molar-refractivity contribution in [3.63, 3.8) is 0 Å². The summed E-state index contributed by atoms with van der Waals surface area (Å²) in [5, 5.41) is 0.828. The number of rotatable bonds is 2. The van der Waals surface area contributed by atoms with E-state index in [2.05, 4.69) is 63.5 Å². The summed E-state index contributed by atoms with van der Waals surface area (Å²) in [6.45, 7) is 3.09. The topological polar surface area (TPSA) is 31.9 Å². The predicted octanol–water partition coefficient (Wildman–Crippen LogP) is 6.04. The van der Waals surface area contributed by atoms with E-state index in [1.165, 1.54) is 33.5 Å². The first-order chi connectivity index (χ1) is 14.8. The van der Waals surface area contributed by atoms with Crippen LogP contribution in [-0.4, -0.2) is 28.0 Å². The molecule has 2 aromatic rings. The Bertz CT molecular complexity index is 1070. The number of aryl methyl sites for hydroxylation is 1. The molecule has 152 valence electrons. The van der Waals surface area contributed by atoms with Gasteiger partial charge in [-0.1, -0.05) is 59.7 Å². The van der Waals surface area contributed by atoms with Gasteiger partial charge >= 0.3 is 0 Å². The van der Waals surface area contributed by atoms with Gasteiger partial charge in [0.15, 0.2) is 0 Å². The third-order valence-corrected chi connectivity index (χ3v) is 6.51. The van der Waals surface area contributed by atoms with Crippen LogP contribution < -0.4 is 0 Å². The Morgan fingerprint density at radius 1 is 0.967 bits per heavy atom. The van der Waals surface area contributed by atoms with Crippen LogP contribution >= 0.6 is 11.6 Å². The molecule has 0 unspecified atom stereocenters. The lowest BCUT2D eigenvalue weighted by molar-refractivity contribution is 0.246. The number of nitrogens with one attached hydrogen (secondary N) is 1. The minimum Gasteiger partial charge on any atom is -0.347 e. The molecule has 0 saturated carbocycles. The Morgan fingerprint density at radius 2 is 1.80 bits per heavy atom. The first-order valence-electron chi connectivity index (χ1n) is 10.7. The summed E-state index contributed by atoms with van der Waals surface area (Å²) in [5.74, 6) is 0. The first-order valence-corrected chi connectivity index (χ1v) is 11.1. The van der Waals surface area contributed by atoms with Crippen molar-refractivity contribution in [2.45, 2.75) is 32.2 Å². The average molecular weight is 416 g/mol. The number of hydrogen-bond acceptors (Lipinski definition) is 2. The molecule has 3 nitrogen and oxygen atoms in total. The van der Waals surface area contributed by atoms with Crippen molar-refractivity contribution in [2.24, 2.45) is 0 Å². The lowest BCUT2D eigenvalue weighted by atomic mass is 9.84. The first kappa shape index (κ1) is 19.3. The highest BCUT2D eigenvalue weighted by Crippen LogP contribution is 2.42. The van der Waals surface area contributed by atoms with Crippen LogP contribution in [-0.2, 0) is 13.0 Å². The molecule has 1 aromatic heterocycles. The zero-order valence-corrected chi connectivity index (χ0v) is 17.8. The van der Waals surface area contributed by atoms with Crippen molar-refractivity contribution < 1.29 is 0 Å². The zero-order valence-electron chi connectivity index (χ0n) is 17.1. The monoisotopic (exact) mass is 415 g/mol. The molecule has 3 aliphatic rings. The molecule has 0 bridgehead atoms. The van der Waals surface area contributed by atoms with Gasteiger partial charge in [-0.2, -0.15) is 0 Å². The molecule has 30 heavy (non-hydrogen) atoms. The Kier molecular flexibility index (Phi) is 5.56. The van der Waals surface area contributed by atoms with Crippen LogP contribution in [0.25, 0.3) is 5.57 Å².